The van der Waals surface area contributed by atoms with Crippen LogP contribution in [-0.4, -0.2) is 0 Å². The molecule has 0 aliphatic heterocycles. The minimum absolute atomic E-state index is 0.334. The van der Waals surface area contributed by atoms with Gasteiger partial charge in [-0.2, -0.15) is 0 Å². The van der Waals surface area contributed by atoms with E-state index < -0.39 is 5.38 Å². The number of halogens is 5. The highest BCUT2D eigenvalue weighted by atomic mass is 79.9. The molecule has 2 aromatic carbocycles. The van der Waals surface area contributed by atoms with Crippen molar-refractivity contribution in [3.8, 4) is 0 Å². The fourth-order valence-electron chi connectivity index (χ4n) is 1.59. The minimum Gasteiger partial charge on any atom is -0.206 e. The van der Waals surface area contributed by atoms with Crippen molar-refractivity contribution in [1.29, 1.82) is 0 Å². The molecular formula is C13H7BrCl3F. The van der Waals surface area contributed by atoms with Gasteiger partial charge in [-0.3, -0.25) is 0 Å². The van der Waals surface area contributed by atoms with Gasteiger partial charge in [0.05, 0.1) is 9.85 Å². The molecule has 0 N–H and O–H groups in total. The van der Waals surface area contributed by atoms with Gasteiger partial charge in [0.25, 0.3) is 0 Å². The number of benzene rings is 2. The maximum Gasteiger partial charge on any atom is 0.137 e. The average Bonchev–Trinajstić information content (AvgIpc) is 2.35. The topological polar surface area (TPSA) is 0 Å². The van der Waals surface area contributed by atoms with Crippen LogP contribution in [0.5, 0.6) is 0 Å². The van der Waals surface area contributed by atoms with Crippen LogP contribution in [0.4, 0.5) is 4.39 Å². The summed E-state index contributed by atoms with van der Waals surface area (Å²) < 4.78 is 13.8. The molecule has 0 aliphatic carbocycles. The summed E-state index contributed by atoms with van der Waals surface area (Å²) in [6.45, 7) is 0. The maximum absolute atomic E-state index is 13.5. The lowest BCUT2D eigenvalue weighted by Gasteiger charge is -2.14. The first-order valence-electron chi connectivity index (χ1n) is 5.03. The third kappa shape index (κ3) is 2.83. The van der Waals surface area contributed by atoms with Crippen LogP contribution < -0.4 is 0 Å². The Hall–Kier alpha value is -0.280. The Morgan fingerprint density at radius 2 is 1.78 bits per heavy atom. The average molecular weight is 368 g/mol. The van der Waals surface area contributed by atoms with E-state index >= 15 is 0 Å². The van der Waals surface area contributed by atoms with Crippen molar-refractivity contribution < 1.29 is 4.39 Å². The van der Waals surface area contributed by atoms with E-state index in [1.54, 1.807) is 30.3 Å². The monoisotopic (exact) mass is 366 g/mol. The van der Waals surface area contributed by atoms with Gasteiger partial charge >= 0.3 is 0 Å². The third-order valence-electron chi connectivity index (χ3n) is 2.49. The molecule has 0 aromatic heterocycles. The lowest BCUT2D eigenvalue weighted by Crippen LogP contribution is -1.97. The molecule has 0 fully saturated rings. The SMILES string of the molecule is Fc1cccc(C(Cl)c2cc(Cl)ccc2Cl)c1Br. The molecule has 94 valence electrons. The van der Waals surface area contributed by atoms with Gasteiger partial charge in [0.15, 0.2) is 0 Å². The van der Waals surface area contributed by atoms with Gasteiger partial charge in [0.1, 0.15) is 5.82 Å². The predicted octanol–water partition coefficient (Wildman–Crippen LogP) is 6.22. The first kappa shape index (κ1) is 14.1. The van der Waals surface area contributed by atoms with Crippen LogP contribution in [0, 0.1) is 5.82 Å². The minimum atomic E-state index is -0.568. The molecule has 0 radical (unpaired) electrons. The molecule has 2 rings (SSSR count). The van der Waals surface area contributed by atoms with E-state index in [2.05, 4.69) is 15.9 Å². The Morgan fingerprint density at radius 3 is 2.50 bits per heavy atom. The summed E-state index contributed by atoms with van der Waals surface area (Å²) in [5, 5.41) is 0.462. The van der Waals surface area contributed by atoms with E-state index in [0.717, 1.165) is 0 Å². The van der Waals surface area contributed by atoms with Crippen LogP contribution in [-0.2, 0) is 0 Å². The summed E-state index contributed by atoms with van der Waals surface area (Å²) in [6.07, 6.45) is 0. The molecule has 0 nitrogen and oxygen atoms in total. The van der Waals surface area contributed by atoms with Crippen LogP contribution in [0.1, 0.15) is 16.5 Å². The van der Waals surface area contributed by atoms with Gasteiger partial charge < -0.3 is 0 Å². The van der Waals surface area contributed by atoms with Gasteiger partial charge in [-0.25, -0.2) is 4.39 Å². The maximum atomic E-state index is 13.5. The number of hydrogen-bond acceptors (Lipinski definition) is 0. The van der Waals surface area contributed by atoms with Crippen LogP contribution in [0.2, 0.25) is 10.0 Å². The highest BCUT2D eigenvalue weighted by molar-refractivity contribution is 9.10. The van der Waals surface area contributed by atoms with Gasteiger partial charge in [-0.15, -0.1) is 11.6 Å². The van der Waals surface area contributed by atoms with Crippen molar-refractivity contribution in [3.05, 3.63) is 67.9 Å². The lowest BCUT2D eigenvalue weighted by atomic mass is 10.0. The fraction of sp³-hybridized carbons (Fsp3) is 0.0769. The molecule has 0 amide bonds. The van der Waals surface area contributed by atoms with Gasteiger partial charge in [0, 0.05) is 10.0 Å². The van der Waals surface area contributed by atoms with Crippen molar-refractivity contribution in [2.45, 2.75) is 5.38 Å². The molecule has 2 aromatic rings. The lowest BCUT2D eigenvalue weighted by molar-refractivity contribution is 0.618. The second kappa shape index (κ2) is 5.79. The van der Waals surface area contributed by atoms with Crippen molar-refractivity contribution in [1.82, 2.24) is 0 Å². The van der Waals surface area contributed by atoms with E-state index in [1.165, 1.54) is 6.07 Å². The molecule has 0 saturated heterocycles. The van der Waals surface area contributed by atoms with Gasteiger partial charge in [-0.1, -0.05) is 35.3 Å². The number of rotatable bonds is 2. The van der Waals surface area contributed by atoms with E-state index in [0.29, 0.717) is 25.6 Å². The fourth-order valence-corrected chi connectivity index (χ4v) is 3.04. The number of alkyl halides is 1. The van der Waals surface area contributed by atoms with E-state index in [1.807, 2.05) is 0 Å². The molecule has 1 atom stereocenters. The molecular weight excluding hydrogens is 361 g/mol. The summed E-state index contributed by atoms with van der Waals surface area (Å²) in [5.74, 6) is -0.365. The largest absolute Gasteiger partial charge is 0.206 e. The smallest absolute Gasteiger partial charge is 0.137 e. The Morgan fingerprint density at radius 1 is 1.06 bits per heavy atom. The molecule has 0 aliphatic rings. The van der Waals surface area contributed by atoms with E-state index in [9.17, 15) is 4.39 Å². The first-order valence-corrected chi connectivity index (χ1v) is 7.02. The molecule has 0 saturated carbocycles. The van der Waals surface area contributed by atoms with E-state index in [-0.39, 0.29) is 5.82 Å². The van der Waals surface area contributed by atoms with Crippen molar-refractivity contribution in [3.63, 3.8) is 0 Å². The second-order valence-corrected chi connectivity index (χ2v) is 5.74. The molecule has 18 heavy (non-hydrogen) atoms. The molecule has 0 spiro atoms. The van der Waals surface area contributed by atoms with Gasteiger partial charge in [-0.05, 0) is 51.3 Å². The first-order chi connectivity index (χ1) is 8.50. The molecule has 0 heterocycles. The summed E-state index contributed by atoms with van der Waals surface area (Å²) in [6, 6.07) is 9.72. The zero-order chi connectivity index (χ0) is 13.3. The van der Waals surface area contributed by atoms with E-state index in [4.69, 9.17) is 34.8 Å². The molecule has 0 bridgehead atoms. The third-order valence-corrected chi connectivity index (χ3v) is 4.37. The summed E-state index contributed by atoms with van der Waals surface area (Å²) >= 11 is 21.5. The number of hydrogen-bond donors (Lipinski definition) is 0. The summed E-state index contributed by atoms with van der Waals surface area (Å²) in [7, 11) is 0. The summed E-state index contributed by atoms with van der Waals surface area (Å²) in [4.78, 5) is 0. The second-order valence-electron chi connectivity index (χ2n) is 3.67. The van der Waals surface area contributed by atoms with Crippen LogP contribution in [0.3, 0.4) is 0 Å². The van der Waals surface area contributed by atoms with Gasteiger partial charge in [0.2, 0.25) is 0 Å². The Kier molecular flexibility index (Phi) is 4.54. The normalized spacial score (nSPS) is 12.5. The van der Waals surface area contributed by atoms with Crippen LogP contribution in [0.15, 0.2) is 40.9 Å². The van der Waals surface area contributed by atoms with Crippen molar-refractivity contribution in [2.24, 2.45) is 0 Å². The van der Waals surface area contributed by atoms with Crippen LogP contribution in [0.25, 0.3) is 0 Å². The molecule has 1 unspecified atom stereocenters. The van der Waals surface area contributed by atoms with Crippen molar-refractivity contribution >= 4 is 50.7 Å². The molecule has 5 heteroatoms. The Balaban J connectivity index is 2.51. The summed E-state index contributed by atoms with van der Waals surface area (Å²) in [5.41, 5.74) is 1.26. The van der Waals surface area contributed by atoms with Crippen LogP contribution >= 0.6 is 50.7 Å². The highest BCUT2D eigenvalue weighted by Crippen LogP contribution is 2.38. The Labute approximate surface area is 128 Å². The quantitative estimate of drug-likeness (QED) is 0.552. The highest BCUT2D eigenvalue weighted by Gasteiger charge is 2.18. The zero-order valence-corrected chi connectivity index (χ0v) is 12.8. The zero-order valence-electron chi connectivity index (χ0n) is 8.93. The Bertz CT molecular complexity index is 584. The predicted molar refractivity (Wildman–Crippen MR) is 78.3 cm³/mol. The van der Waals surface area contributed by atoms with Crippen molar-refractivity contribution in [2.75, 3.05) is 0 Å². The standard InChI is InChI=1S/C13H7BrCl3F/c14-12-8(2-1-3-11(12)18)13(17)9-6-7(15)4-5-10(9)16/h1-6,13H.